The lowest BCUT2D eigenvalue weighted by Crippen LogP contribution is -2.26. The maximum absolute atomic E-state index is 12.4. The van der Waals surface area contributed by atoms with Gasteiger partial charge in [-0.25, -0.2) is 0 Å². The van der Waals surface area contributed by atoms with Crippen molar-refractivity contribution < 1.29 is 9.53 Å². The summed E-state index contributed by atoms with van der Waals surface area (Å²) >= 11 is 5.01. The van der Waals surface area contributed by atoms with Crippen molar-refractivity contribution in [2.24, 2.45) is 0 Å². The molecule has 0 bridgehead atoms. The summed E-state index contributed by atoms with van der Waals surface area (Å²) in [7, 11) is 3.32. The Bertz CT molecular complexity index is 627. The van der Waals surface area contributed by atoms with Crippen LogP contribution in [0.15, 0.2) is 34.1 Å². The number of benzene rings is 1. The Kier molecular flexibility index (Phi) is 4.67. The maximum atomic E-state index is 12.4. The standard InChI is InChI=1S/C14H15BrN2O2S/c1-17(7-11-5-9(15)8-20-11)14(18)12-6-10(19-2)3-4-13(12)16/h3-6,8H,7,16H2,1-2H3. The fourth-order valence-corrected chi connectivity index (χ4v) is 3.30. The summed E-state index contributed by atoms with van der Waals surface area (Å²) in [6, 6.07) is 7.09. The van der Waals surface area contributed by atoms with E-state index in [9.17, 15) is 4.79 Å². The van der Waals surface area contributed by atoms with Crippen LogP contribution in [0.25, 0.3) is 0 Å². The number of thiophene rings is 1. The molecule has 2 aromatic rings. The molecule has 1 aromatic carbocycles. The van der Waals surface area contributed by atoms with Gasteiger partial charge >= 0.3 is 0 Å². The number of anilines is 1. The number of methoxy groups -OCH3 is 1. The molecule has 0 radical (unpaired) electrons. The topological polar surface area (TPSA) is 55.6 Å². The number of nitrogen functional groups attached to an aromatic ring is 1. The number of amides is 1. The van der Waals surface area contributed by atoms with Crippen LogP contribution in [0.4, 0.5) is 5.69 Å². The van der Waals surface area contributed by atoms with Crippen molar-refractivity contribution in [1.29, 1.82) is 0 Å². The van der Waals surface area contributed by atoms with E-state index in [1.54, 1.807) is 48.6 Å². The molecule has 4 nitrogen and oxygen atoms in total. The molecular weight excluding hydrogens is 340 g/mol. The molecule has 2 N–H and O–H groups in total. The summed E-state index contributed by atoms with van der Waals surface area (Å²) < 4.78 is 6.16. The van der Waals surface area contributed by atoms with Crippen LogP contribution in [0.3, 0.4) is 0 Å². The molecule has 0 fully saturated rings. The van der Waals surface area contributed by atoms with E-state index in [0.29, 0.717) is 23.5 Å². The van der Waals surface area contributed by atoms with Gasteiger partial charge in [0.25, 0.3) is 5.91 Å². The molecular formula is C14H15BrN2O2S. The summed E-state index contributed by atoms with van der Waals surface area (Å²) in [5.74, 6) is 0.501. The smallest absolute Gasteiger partial charge is 0.256 e. The molecule has 0 spiro atoms. The number of carbonyl (C=O) groups is 1. The Hall–Kier alpha value is -1.53. The van der Waals surface area contributed by atoms with Crippen LogP contribution in [0.5, 0.6) is 5.75 Å². The molecule has 0 aliphatic rings. The second-order valence-electron chi connectivity index (χ2n) is 4.35. The number of hydrogen-bond acceptors (Lipinski definition) is 4. The molecule has 0 saturated heterocycles. The van der Waals surface area contributed by atoms with Gasteiger partial charge in [0, 0.05) is 27.5 Å². The zero-order valence-corrected chi connectivity index (χ0v) is 13.6. The van der Waals surface area contributed by atoms with Crippen molar-refractivity contribution in [3.8, 4) is 5.75 Å². The summed E-state index contributed by atoms with van der Waals surface area (Å²) in [4.78, 5) is 15.2. The molecule has 6 heteroatoms. The van der Waals surface area contributed by atoms with Crippen LogP contribution in [-0.2, 0) is 6.54 Å². The van der Waals surface area contributed by atoms with Gasteiger partial charge in [-0.1, -0.05) is 0 Å². The van der Waals surface area contributed by atoms with Crippen LogP contribution in [0.1, 0.15) is 15.2 Å². The van der Waals surface area contributed by atoms with E-state index < -0.39 is 0 Å². The van der Waals surface area contributed by atoms with Crippen LogP contribution in [0, 0.1) is 0 Å². The van der Waals surface area contributed by atoms with Crippen LogP contribution in [0.2, 0.25) is 0 Å². The summed E-state index contributed by atoms with van der Waals surface area (Å²) in [5.41, 5.74) is 6.79. The number of nitrogens with two attached hydrogens (primary N) is 1. The molecule has 0 atom stereocenters. The normalized spacial score (nSPS) is 10.3. The first-order valence-electron chi connectivity index (χ1n) is 5.93. The SMILES string of the molecule is COc1ccc(N)c(C(=O)N(C)Cc2cc(Br)cs2)c1. The zero-order chi connectivity index (χ0) is 14.7. The third-order valence-electron chi connectivity index (χ3n) is 2.85. The molecule has 1 amide bonds. The number of carbonyl (C=O) groups excluding carboxylic acids is 1. The van der Waals surface area contributed by atoms with Gasteiger partial charge in [-0.05, 0) is 40.2 Å². The Morgan fingerprint density at radius 3 is 2.80 bits per heavy atom. The van der Waals surface area contributed by atoms with E-state index >= 15 is 0 Å². The number of ether oxygens (including phenoxy) is 1. The molecule has 0 unspecified atom stereocenters. The summed E-state index contributed by atoms with van der Waals surface area (Å²) in [5, 5.41) is 1.99. The third-order valence-corrected chi connectivity index (χ3v) is 4.53. The van der Waals surface area contributed by atoms with E-state index in [0.717, 1.165) is 9.35 Å². The summed E-state index contributed by atoms with van der Waals surface area (Å²) in [6.45, 7) is 0.547. The lowest BCUT2D eigenvalue weighted by atomic mass is 10.1. The number of rotatable bonds is 4. The van der Waals surface area contributed by atoms with Gasteiger partial charge in [-0.15, -0.1) is 11.3 Å². The second-order valence-corrected chi connectivity index (χ2v) is 6.26. The average Bonchev–Trinajstić information content (AvgIpc) is 2.84. The highest BCUT2D eigenvalue weighted by Gasteiger charge is 2.16. The predicted molar refractivity (Wildman–Crippen MR) is 85.2 cm³/mol. The monoisotopic (exact) mass is 354 g/mol. The molecule has 0 aliphatic heterocycles. The lowest BCUT2D eigenvalue weighted by molar-refractivity contribution is 0.0787. The van der Waals surface area contributed by atoms with Crippen molar-refractivity contribution >= 4 is 38.9 Å². The first kappa shape index (κ1) is 14.9. The van der Waals surface area contributed by atoms with Crippen molar-refractivity contribution in [3.05, 3.63) is 44.6 Å². The van der Waals surface area contributed by atoms with E-state index in [1.807, 2.05) is 11.4 Å². The van der Waals surface area contributed by atoms with E-state index in [1.165, 1.54) is 0 Å². The molecule has 0 aliphatic carbocycles. The van der Waals surface area contributed by atoms with E-state index in [-0.39, 0.29) is 5.91 Å². The van der Waals surface area contributed by atoms with Crippen molar-refractivity contribution in [3.63, 3.8) is 0 Å². The van der Waals surface area contributed by atoms with Crippen molar-refractivity contribution in [2.75, 3.05) is 19.9 Å². The van der Waals surface area contributed by atoms with E-state index in [4.69, 9.17) is 10.5 Å². The highest BCUT2D eigenvalue weighted by Crippen LogP contribution is 2.24. The Morgan fingerprint density at radius 1 is 1.45 bits per heavy atom. The van der Waals surface area contributed by atoms with Gasteiger partial charge in [-0.3, -0.25) is 4.79 Å². The minimum Gasteiger partial charge on any atom is -0.497 e. The van der Waals surface area contributed by atoms with Gasteiger partial charge in [-0.2, -0.15) is 0 Å². The maximum Gasteiger partial charge on any atom is 0.256 e. The molecule has 0 saturated carbocycles. The highest BCUT2D eigenvalue weighted by molar-refractivity contribution is 9.10. The molecule has 1 aromatic heterocycles. The fourth-order valence-electron chi connectivity index (χ4n) is 1.80. The van der Waals surface area contributed by atoms with Crippen LogP contribution < -0.4 is 10.5 Å². The third kappa shape index (κ3) is 3.32. The lowest BCUT2D eigenvalue weighted by Gasteiger charge is -2.17. The Balaban J connectivity index is 2.17. The number of halogens is 1. The number of nitrogens with zero attached hydrogens (tertiary/aromatic N) is 1. The van der Waals surface area contributed by atoms with Gasteiger partial charge in [0.1, 0.15) is 5.75 Å². The molecule has 1 heterocycles. The molecule has 106 valence electrons. The van der Waals surface area contributed by atoms with Crippen LogP contribution in [-0.4, -0.2) is 25.0 Å². The van der Waals surface area contributed by atoms with Gasteiger partial charge in [0.05, 0.1) is 19.2 Å². The molecule has 2 rings (SSSR count). The predicted octanol–water partition coefficient (Wildman–Crippen LogP) is 3.37. The minimum absolute atomic E-state index is 0.120. The van der Waals surface area contributed by atoms with Crippen LogP contribution >= 0.6 is 27.3 Å². The Morgan fingerprint density at radius 2 is 2.20 bits per heavy atom. The zero-order valence-electron chi connectivity index (χ0n) is 11.2. The first-order valence-corrected chi connectivity index (χ1v) is 7.60. The average molecular weight is 355 g/mol. The quantitative estimate of drug-likeness (QED) is 0.856. The fraction of sp³-hybridized carbons (Fsp3) is 0.214. The highest BCUT2D eigenvalue weighted by atomic mass is 79.9. The first-order chi connectivity index (χ1) is 9.51. The van der Waals surface area contributed by atoms with Crippen molar-refractivity contribution in [2.45, 2.75) is 6.54 Å². The Labute approximate surface area is 130 Å². The molecule has 20 heavy (non-hydrogen) atoms. The van der Waals surface area contributed by atoms with E-state index in [2.05, 4.69) is 15.9 Å². The summed E-state index contributed by atoms with van der Waals surface area (Å²) in [6.07, 6.45) is 0. The van der Waals surface area contributed by atoms with Crippen molar-refractivity contribution in [1.82, 2.24) is 4.90 Å². The van der Waals surface area contributed by atoms with Gasteiger partial charge in [0.15, 0.2) is 0 Å². The minimum atomic E-state index is -0.120. The largest absolute Gasteiger partial charge is 0.497 e. The van der Waals surface area contributed by atoms with Gasteiger partial charge < -0.3 is 15.4 Å². The number of hydrogen-bond donors (Lipinski definition) is 1. The van der Waals surface area contributed by atoms with Gasteiger partial charge in [0.2, 0.25) is 0 Å². The second kappa shape index (κ2) is 6.28.